The van der Waals surface area contributed by atoms with Gasteiger partial charge in [-0.2, -0.15) is 0 Å². The summed E-state index contributed by atoms with van der Waals surface area (Å²) < 4.78 is 0. The molecule has 5 nitrogen and oxygen atoms in total. The van der Waals surface area contributed by atoms with Gasteiger partial charge in [-0.05, 0) is 17.7 Å². The fourth-order valence-corrected chi connectivity index (χ4v) is 1.36. The highest BCUT2D eigenvalue weighted by atomic mass is 16.6. The van der Waals surface area contributed by atoms with Crippen LogP contribution in [0, 0.1) is 10.1 Å². The highest BCUT2D eigenvalue weighted by Crippen LogP contribution is 2.11. The second-order valence-corrected chi connectivity index (χ2v) is 3.06. The first-order valence-corrected chi connectivity index (χ1v) is 4.29. The third-order valence-electron chi connectivity index (χ3n) is 2.07. The van der Waals surface area contributed by atoms with Crippen molar-refractivity contribution in [2.45, 2.75) is 6.42 Å². The molecule has 0 saturated heterocycles. The smallest absolute Gasteiger partial charge is 0.207 e. The number of H-pyrrole nitrogens is 1. The van der Waals surface area contributed by atoms with E-state index in [2.05, 4.69) is 9.97 Å². The van der Waals surface area contributed by atoms with Crippen LogP contribution in [0.2, 0.25) is 0 Å². The largest absolute Gasteiger partial charge is 0.345 e. The Hall–Kier alpha value is -1.91. The van der Waals surface area contributed by atoms with Crippen molar-refractivity contribution in [2.24, 2.45) is 0 Å². The van der Waals surface area contributed by atoms with Gasteiger partial charge in [0.25, 0.3) is 0 Å². The molecular formula is C9H9N3O2. The Morgan fingerprint density at radius 3 is 3.14 bits per heavy atom. The van der Waals surface area contributed by atoms with Gasteiger partial charge in [-0.25, -0.2) is 4.98 Å². The second kappa shape index (κ2) is 3.45. The van der Waals surface area contributed by atoms with Crippen LogP contribution in [0.25, 0.3) is 11.0 Å². The zero-order chi connectivity index (χ0) is 9.97. The van der Waals surface area contributed by atoms with Gasteiger partial charge in [0.1, 0.15) is 0 Å². The normalized spacial score (nSPS) is 10.6. The zero-order valence-electron chi connectivity index (χ0n) is 7.43. The van der Waals surface area contributed by atoms with Gasteiger partial charge in [0.15, 0.2) is 0 Å². The molecule has 2 aromatic rings. The van der Waals surface area contributed by atoms with E-state index in [1.165, 1.54) is 0 Å². The van der Waals surface area contributed by atoms with Crippen molar-refractivity contribution in [3.05, 3.63) is 40.2 Å². The van der Waals surface area contributed by atoms with Gasteiger partial charge < -0.3 is 4.98 Å². The molecule has 5 heteroatoms. The van der Waals surface area contributed by atoms with E-state index >= 15 is 0 Å². The molecule has 0 spiro atoms. The lowest BCUT2D eigenvalue weighted by atomic mass is 10.1. The van der Waals surface area contributed by atoms with Crippen LogP contribution in [0.4, 0.5) is 0 Å². The molecule has 0 radical (unpaired) electrons. The summed E-state index contributed by atoms with van der Waals surface area (Å²) in [5.41, 5.74) is 2.76. The quantitative estimate of drug-likeness (QED) is 0.588. The average molecular weight is 191 g/mol. The van der Waals surface area contributed by atoms with Crippen molar-refractivity contribution in [2.75, 3.05) is 6.54 Å². The molecule has 2 rings (SSSR count). The summed E-state index contributed by atoms with van der Waals surface area (Å²) in [6.07, 6.45) is 2.07. The molecule has 72 valence electrons. The molecule has 0 fully saturated rings. The summed E-state index contributed by atoms with van der Waals surface area (Å²) >= 11 is 0. The molecule has 0 aliphatic rings. The molecule has 0 atom stereocenters. The third-order valence-corrected chi connectivity index (χ3v) is 2.07. The molecule has 1 N–H and O–H groups in total. The first kappa shape index (κ1) is 8.68. The van der Waals surface area contributed by atoms with E-state index < -0.39 is 0 Å². The monoisotopic (exact) mass is 191 g/mol. The molecule has 1 aromatic carbocycles. The Balaban J connectivity index is 2.21. The molecule has 1 heterocycles. The number of nitrogens with one attached hydrogen (secondary N) is 1. The van der Waals surface area contributed by atoms with E-state index in [1.54, 1.807) is 6.33 Å². The minimum atomic E-state index is -0.308. The molecule has 0 amide bonds. The van der Waals surface area contributed by atoms with Crippen LogP contribution in [0.15, 0.2) is 24.5 Å². The van der Waals surface area contributed by atoms with Crippen molar-refractivity contribution in [3.63, 3.8) is 0 Å². The lowest BCUT2D eigenvalue weighted by Gasteiger charge is -1.96. The van der Waals surface area contributed by atoms with Crippen molar-refractivity contribution in [1.29, 1.82) is 0 Å². The van der Waals surface area contributed by atoms with Gasteiger partial charge in [-0.1, -0.05) is 6.07 Å². The fraction of sp³-hybridized carbons (Fsp3) is 0.222. The van der Waals surface area contributed by atoms with E-state index in [4.69, 9.17) is 0 Å². The number of imidazole rings is 1. The Kier molecular flexibility index (Phi) is 2.14. The van der Waals surface area contributed by atoms with E-state index in [1.807, 2.05) is 18.2 Å². The summed E-state index contributed by atoms with van der Waals surface area (Å²) in [5, 5.41) is 10.2. The summed E-state index contributed by atoms with van der Waals surface area (Å²) in [6, 6.07) is 5.62. The fourth-order valence-electron chi connectivity index (χ4n) is 1.36. The van der Waals surface area contributed by atoms with E-state index in [0.29, 0.717) is 6.42 Å². The Labute approximate surface area is 79.9 Å². The number of aromatic nitrogens is 2. The predicted molar refractivity (Wildman–Crippen MR) is 51.7 cm³/mol. The molecule has 14 heavy (non-hydrogen) atoms. The molecule has 0 aliphatic heterocycles. The number of hydrogen-bond acceptors (Lipinski definition) is 3. The van der Waals surface area contributed by atoms with E-state index in [9.17, 15) is 10.1 Å². The Morgan fingerprint density at radius 1 is 1.50 bits per heavy atom. The maximum absolute atomic E-state index is 10.2. The molecule has 1 aromatic heterocycles. The van der Waals surface area contributed by atoms with Gasteiger partial charge in [0, 0.05) is 11.3 Å². The van der Waals surface area contributed by atoms with Crippen molar-refractivity contribution in [1.82, 2.24) is 9.97 Å². The number of fused-ring (bicyclic) bond motifs is 1. The third kappa shape index (κ3) is 1.71. The minimum absolute atomic E-state index is 0.0281. The number of aromatic amines is 1. The Morgan fingerprint density at radius 2 is 2.36 bits per heavy atom. The summed E-state index contributed by atoms with van der Waals surface area (Å²) in [7, 11) is 0. The lowest BCUT2D eigenvalue weighted by molar-refractivity contribution is -0.479. The van der Waals surface area contributed by atoms with Gasteiger partial charge in [0.05, 0.1) is 17.4 Å². The summed E-state index contributed by atoms with van der Waals surface area (Å²) in [4.78, 5) is 16.9. The van der Waals surface area contributed by atoms with Gasteiger partial charge in [0.2, 0.25) is 6.54 Å². The minimum Gasteiger partial charge on any atom is -0.345 e. The van der Waals surface area contributed by atoms with Crippen LogP contribution in [0.5, 0.6) is 0 Å². The van der Waals surface area contributed by atoms with Gasteiger partial charge in [-0.15, -0.1) is 0 Å². The van der Waals surface area contributed by atoms with Crippen molar-refractivity contribution in [3.8, 4) is 0 Å². The number of nitro groups is 1. The Bertz CT molecular complexity index is 464. The summed E-state index contributed by atoms with van der Waals surface area (Å²) in [5.74, 6) is 0. The maximum Gasteiger partial charge on any atom is 0.207 e. The summed E-state index contributed by atoms with van der Waals surface area (Å²) in [6.45, 7) is -0.0281. The van der Waals surface area contributed by atoms with Crippen LogP contribution in [-0.4, -0.2) is 21.4 Å². The number of nitrogens with zero attached hydrogens (tertiary/aromatic N) is 2. The highest BCUT2D eigenvalue weighted by Gasteiger charge is 2.01. The second-order valence-electron chi connectivity index (χ2n) is 3.06. The predicted octanol–water partition coefficient (Wildman–Crippen LogP) is 1.38. The van der Waals surface area contributed by atoms with E-state index in [0.717, 1.165) is 16.6 Å². The van der Waals surface area contributed by atoms with E-state index in [-0.39, 0.29) is 11.5 Å². The topological polar surface area (TPSA) is 71.8 Å². The average Bonchev–Trinajstić information content (AvgIpc) is 2.61. The SMILES string of the molecule is O=[N+]([O-])CCc1ccc2nc[nH]c2c1. The van der Waals surface area contributed by atoms with Crippen LogP contribution >= 0.6 is 0 Å². The number of benzene rings is 1. The van der Waals surface area contributed by atoms with Crippen LogP contribution in [0.3, 0.4) is 0 Å². The lowest BCUT2D eigenvalue weighted by Crippen LogP contribution is -2.03. The molecular weight excluding hydrogens is 182 g/mol. The van der Waals surface area contributed by atoms with Crippen LogP contribution < -0.4 is 0 Å². The maximum atomic E-state index is 10.2. The van der Waals surface area contributed by atoms with Gasteiger partial charge >= 0.3 is 0 Å². The van der Waals surface area contributed by atoms with Crippen molar-refractivity contribution < 1.29 is 4.92 Å². The molecule has 0 unspecified atom stereocenters. The molecule has 0 aliphatic carbocycles. The first-order valence-electron chi connectivity index (χ1n) is 4.29. The number of hydrogen-bond donors (Lipinski definition) is 1. The van der Waals surface area contributed by atoms with Gasteiger partial charge in [-0.3, -0.25) is 10.1 Å². The number of rotatable bonds is 3. The molecule has 0 bridgehead atoms. The van der Waals surface area contributed by atoms with Crippen LogP contribution in [0.1, 0.15) is 5.56 Å². The molecule has 0 saturated carbocycles. The standard InChI is InChI=1S/C9H9N3O2/c13-12(14)4-3-7-1-2-8-9(5-7)11-6-10-8/h1-2,5-6H,3-4H2,(H,10,11). The first-order chi connectivity index (χ1) is 6.75. The van der Waals surface area contributed by atoms with Crippen molar-refractivity contribution >= 4 is 11.0 Å². The van der Waals surface area contributed by atoms with Crippen LogP contribution in [-0.2, 0) is 6.42 Å². The highest BCUT2D eigenvalue weighted by molar-refractivity contribution is 5.74. The zero-order valence-corrected chi connectivity index (χ0v) is 7.43.